The molecule has 0 bridgehead atoms. The van der Waals surface area contributed by atoms with E-state index in [0.29, 0.717) is 4.47 Å². The topological polar surface area (TPSA) is 12.0 Å². The van der Waals surface area contributed by atoms with Crippen molar-refractivity contribution in [3.05, 3.63) is 69.4 Å². The molecule has 18 heavy (non-hydrogen) atoms. The van der Waals surface area contributed by atoms with E-state index in [1.165, 1.54) is 17.2 Å². The van der Waals surface area contributed by atoms with Crippen molar-refractivity contribution < 1.29 is 4.39 Å². The van der Waals surface area contributed by atoms with Crippen LogP contribution in [0.5, 0.6) is 0 Å². The summed E-state index contributed by atoms with van der Waals surface area (Å²) in [6.45, 7) is 3.62. The summed E-state index contributed by atoms with van der Waals surface area (Å²) < 4.78 is 13.6. The number of halogens is 2. The summed E-state index contributed by atoms with van der Waals surface area (Å²) in [7, 11) is 0. The Morgan fingerprint density at radius 2 is 1.61 bits per heavy atom. The first-order valence-electron chi connectivity index (χ1n) is 5.85. The highest BCUT2D eigenvalue weighted by Gasteiger charge is 2.00. The molecule has 0 saturated carbocycles. The van der Waals surface area contributed by atoms with Gasteiger partial charge in [0.05, 0.1) is 4.47 Å². The van der Waals surface area contributed by atoms with Crippen LogP contribution in [0.2, 0.25) is 0 Å². The predicted molar refractivity (Wildman–Crippen MR) is 75.8 cm³/mol. The van der Waals surface area contributed by atoms with Crippen LogP contribution in [-0.2, 0) is 13.1 Å². The van der Waals surface area contributed by atoms with Crippen LogP contribution < -0.4 is 5.32 Å². The fourth-order valence-corrected chi connectivity index (χ4v) is 2.13. The molecule has 1 N–H and O–H groups in total. The molecule has 1 nitrogen and oxygen atoms in total. The first-order valence-corrected chi connectivity index (χ1v) is 6.64. The Bertz CT molecular complexity index is 523. The average Bonchev–Trinajstić information content (AvgIpc) is 2.36. The van der Waals surface area contributed by atoms with Gasteiger partial charge < -0.3 is 5.32 Å². The second-order valence-corrected chi connectivity index (χ2v) is 5.19. The zero-order chi connectivity index (χ0) is 13.0. The van der Waals surface area contributed by atoms with Gasteiger partial charge in [-0.2, -0.15) is 0 Å². The summed E-state index contributed by atoms with van der Waals surface area (Å²) in [6, 6.07) is 13.5. The van der Waals surface area contributed by atoms with Crippen molar-refractivity contribution in [2.75, 3.05) is 0 Å². The van der Waals surface area contributed by atoms with Gasteiger partial charge in [-0.05, 0) is 46.1 Å². The molecule has 2 aromatic rings. The summed E-state index contributed by atoms with van der Waals surface area (Å²) in [5, 5.41) is 3.34. The maximum atomic E-state index is 13.1. The molecule has 0 heterocycles. The van der Waals surface area contributed by atoms with Crippen LogP contribution in [0.15, 0.2) is 46.9 Å². The highest BCUT2D eigenvalue weighted by molar-refractivity contribution is 9.10. The molecule has 0 saturated heterocycles. The lowest BCUT2D eigenvalue weighted by atomic mass is 10.1. The molecule has 2 rings (SSSR count). The maximum absolute atomic E-state index is 13.1. The van der Waals surface area contributed by atoms with Crippen LogP contribution in [0.25, 0.3) is 0 Å². The van der Waals surface area contributed by atoms with Gasteiger partial charge in [0.1, 0.15) is 5.82 Å². The van der Waals surface area contributed by atoms with Crippen molar-refractivity contribution >= 4 is 15.9 Å². The third-order valence-corrected chi connectivity index (χ3v) is 3.37. The Balaban J connectivity index is 1.88. The van der Waals surface area contributed by atoms with Crippen LogP contribution in [0.3, 0.4) is 0 Å². The lowest BCUT2D eigenvalue weighted by Gasteiger charge is -2.06. The van der Waals surface area contributed by atoms with Crippen LogP contribution in [0, 0.1) is 12.7 Å². The average molecular weight is 308 g/mol. The van der Waals surface area contributed by atoms with Crippen LogP contribution in [0.1, 0.15) is 16.7 Å². The molecule has 0 spiro atoms. The van der Waals surface area contributed by atoms with Gasteiger partial charge >= 0.3 is 0 Å². The van der Waals surface area contributed by atoms with E-state index in [0.717, 1.165) is 18.7 Å². The molecule has 0 amide bonds. The normalized spacial score (nSPS) is 10.6. The van der Waals surface area contributed by atoms with E-state index >= 15 is 0 Å². The molecule has 94 valence electrons. The highest BCUT2D eigenvalue weighted by Crippen LogP contribution is 2.16. The van der Waals surface area contributed by atoms with Crippen LogP contribution in [0.4, 0.5) is 4.39 Å². The maximum Gasteiger partial charge on any atom is 0.137 e. The summed E-state index contributed by atoms with van der Waals surface area (Å²) >= 11 is 3.19. The number of hydrogen-bond donors (Lipinski definition) is 1. The van der Waals surface area contributed by atoms with Crippen molar-refractivity contribution in [2.24, 2.45) is 0 Å². The Morgan fingerprint density at radius 3 is 2.28 bits per heavy atom. The van der Waals surface area contributed by atoms with Gasteiger partial charge in [0.15, 0.2) is 0 Å². The minimum absolute atomic E-state index is 0.225. The van der Waals surface area contributed by atoms with Gasteiger partial charge in [-0.3, -0.25) is 0 Å². The smallest absolute Gasteiger partial charge is 0.137 e. The van der Waals surface area contributed by atoms with Crippen molar-refractivity contribution in [1.29, 1.82) is 0 Å². The van der Waals surface area contributed by atoms with Gasteiger partial charge in [0.25, 0.3) is 0 Å². The lowest BCUT2D eigenvalue weighted by molar-refractivity contribution is 0.618. The van der Waals surface area contributed by atoms with Gasteiger partial charge in [-0.1, -0.05) is 35.9 Å². The molecule has 0 aliphatic rings. The zero-order valence-electron chi connectivity index (χ0n) is 10.2. The number of rotatable bonds is 4. The Morgan fingerprint density at radius 1 is 1.00 bits per heavy atom. The highest BCUT2D eigenvalue weighted by atomic mass is 79.9. The van der Waals surface area contributed by atoms with E-state index < -0.39 is 0 Å². The number of benzene rings is 2. The summed E-state index contributed by atoms with van der Waals surface area (Å²) in [4.78, 5) is 0. The molecular weight excluding hydrogens is 293 g/mol. The molecule has 0 fully saturated rings. The molecular formula is C15H15BrFN. The second kappa shape index (κ2) is 6.12. The molecule has 2 aromatic carbocycles. The van der Waals surface area contributed by atoms with Crippen molar-refractivity contribution in [3.8, 4) is 0 Å². The molecule has 0 radical (unpaired) electrons. The van der Waals surface area contributed by atoms with Crippen LogP contribution >= 0.6 is 15.9 Å². The third-order valence-electron chi connectivity index (χ3n) is 2.76. The quantitative estimate of drug-likeness (QED) is 0.893. The van der Waals surface area contributed by atoms with Gasteiger partial charge in [0, 0.05) is 13.1 Å². The SMILES string of the molecule is Cc1ccc(CNCc2ccc(F)c(Br)c2)cc1. The zero-order valence-corrected chi connectivity index (χ0v) is 11.8. The number of hydrogen-bond acceptors (Lipinski definition) is 1. The summed E-state index contributed by atoms with van der Waals surface area (Å²) in [6.07, 6.45) is 0. The standard InChI is InChI=1S/C15H15BrFN/c1-11-2-4-12(5-3-11)9-18-10-13-6-7-15(17)14(16)8-13/h2-8,18H,9-10H2,1H3. The van der Waals surface area contributed by atoms with E-state index in [-0.39, 0.29) is 5.82 Å². The molecule has 0 atom stereocenters. The van der Waals surface area contributed by atoms with Crippen molar-refractivity contribution in [2.45, 2.75) is 20.0 Å². The van der Waals surface area contributed by atoms with Crippen molar-refractivity contribution in [1.82, 2.24) is 5.32 Å². The van der Waals surface area contributed by atoms with E-state index in [4.69, 9.17) is 0 Å². The van der Waals surface area contributed by atoms with Gasteiger partial charge in [-0.15, -0.1) is 0 Å². The van der Waals surface area contributed by atoms with E-state index in [1.807, 2.05) is 0 Å². The largest absolute Gasteiger partial charge is 0.309 e. The van der Waals surface area contributed by atoms with Gasteiger partial charge in [-0.25, -0.2) is 4.39 Å². The molecule has 0 aliphatic heterocycles. The molecule has 3 heteroatoms. The fraction of sp³-hybridized carbons (Fsp3) is 0.200. The summed E-state index contributed by atoms with van der Waals surface area (Å²) in [5.41, 5.74) is 3.58. The van der Waals surface area contributed by atoms with E-state index in [9.17, 15) is 4.39 Å². The summed E-state index contributed by atoms with van der Waals surface area (Å²) in [5.74, 6) is -0.225. The Kier molecular flexibility index (Phi) is 4.50. The van der Waals surface area contributed by atoms with E-state index in [2.05, 4.69) is 52.4 Å². The fourth-order valence-electron chi connectivity index (χ4n) is 1.71. The predicted octanol–water partition coefficient (Wildman–Crippen LogP) is 4.19. The minimum Gasteiger partial charge on any atom is -0.309 e. The second-order valence-electron chi connectivity index (χ2n) is 4.34. The molecule has 0 aromatic heterocycles. The number of aryl methyl sites for hydroxylation is 1. The van der Waals surface area contributed by atoms with Gasteiger partial charge in [0.2, 0.25) is 0 Å². The first-order chi connectivity index (χ1) is 8.65. The third kappa shape index (κ3) is 3.65. The number of nitrogens with one attached hydrogen (secondary N) is 1. The minimum atomic E-state index is -0.225. The molecule has 0 aliphatic carbocycles. The Labute approximate surface area is 115 Å². The molecule has 0 unspecified atom stereocenters. The Hall–Kier alpha value is -1.19. The van der Waals surface area contributed by atoms with Crippen molar-refractivity contribution in [3.63, 3.8) is 0 Å². The first kappa shape index (κ1) is 13.2. The van der Waals surface area contributed by atoms with E-state index in [1.54, 1.807) is 12.1 Å². The monoisotopic (exact) mass is 307 g/mol. The lowest BCUT2D eigenvalue weighted by Crippen LogP contribution is -2.12. The van der Waals surface area contributed by atoms with Crippen LogP contribution in [-0.4, -0.2) is 0 Å².